The molecule has 80 valence electrons. The van der Waals surface area contributed by atoms with Crippen LogP contribution in [0, 0.1) is 21.7 Å². The number of halogens is 2. The monoisotopic (exact) mass is 215 g/mol. The lowest BCUT2D eigenvalue weighted by Crippen LogP contribution is -2.33. The van der Waals surface area contributed by atoms with E-state index in [9.17, 15) is 18.9 Å². The molecule has 0 amide bonds. The molecule has 1 aliphatic rings. The lowest BCUT2D eigenvalue weighted by molar-refractivity contribution is -0.525. The summed E-state index contributed by atoms with van der Waals surface area (Å²) in [6.45, 7) is -0.178. The maximum Gasteiger partial charge on any atom is 0.250 e. The Morgan fingerprint density at radius 3 is 2.87 bits per heavy atom. The maximum absolute atomic E-state index is 13.1. The molecule has 1 aromatic rings. The molecule has 0 aliphatic carbocycles. The highest BCUT2D eigenvalue weighted by Gasteiger charge is 2.30. The number of nitrogens with zero attached hydrogens (tertiary/aromatic N) is 1. The molecule has 0 N–H and O–H groups in total. The molecular weight excluding hydrogens is 208 g/mol. The molecule has 0 saturated heterocycles. The first kappa shape index (κ1) is 9.82. The standard InChI is InChI=1S/C9H7F2NO3/c10-6-1-5-2-7(12(13)14)4-15-9(5)8(11)3-6/h1,3,7H,2,4H2/t7-/m1/s1. The largest absolute Gasteiger partial charge is 0.483 e. The molecular formula is C9H7F2NO3. The summed E-state index contributed by atoms with van der Waals surface area (Å²) in [5.74, 6) is -1.64. The van der Waals surface area contributed by atoms with Gasteiger partial charge in [0, 0.05) is 23.0 Å². The van der Waals surface area contributed by atoms with E-state index in [0.717, 1.165) is 6.07 Å². The van der Waals surface area contributed by atoms with Gasteiger partial charge in [0.2, 0.25) is 0 Å². The SMILES string of the molecule is O=[N+]([O-])[C@H]1COc2c(F)cc(F)cc2C1. The first-order valence-electron chi connectivity index (χ1n) is 4.32. The fourth-order valence-electron chi connectivity index (χ4n) is 1.55. The number of ether oxygens (including phenoxy) is 1. The van der Waals surface area contributed by atoms with Crippen LogP contribution in [0.5, 0.6) is 5.75 Å². The quantitative estimate of drug-likeness (QED) is 0.527. The minimum atomic E-state index is -0.932. The highest BCUT2D eigenvalue weighted by molar-refractivity contribution is 5.37. The summed E-state index contributed by atoms with van der Waals surface area (Å²) in [5.41, 5.74) is 0.209. The van der Waals surface area contributed by atoms with Gasteiger partial charge < -0.3 is 4.74 Å². The highest BCUT2D eigenvalue weighted by Crippen LogP contribution is 2.29. The van der Waals surface area contributed by atoms with Crippen LogP contribution < -0.4 is 4.74 Å². The Bertz CT molecular complexity index is 422. The zero-order valence-electron chi connectivity index (χ0n) is 7.57. The van der Waals surface area contributed by atoms with Crippen molar-refractivity contribution in [3.8, 4) is 5.75 Å². The van der Waals surface area contributed by atoms with Crippen LogP contribution in [0.1, 0.15) is 5.56 Å². The van der Waals surface area contributed by atoms with Crippen LogP contribution in [0.25, 0.3) is 0 Å². The van der Waals surface area contributed by atoms with Crippen molar-refractivity contribution in [3.63, 3.8) is 0 Å². The van der Waals surface area contributed by atoms with Crippen molar-refractivity contribution in [2.24, 2.45) is 0 Å². The average Bonchev–Trinajstić information content (AvgIpc) is 2.16. The van der Waals surface area contributed by atoms with E-state index in [0.29, 0.717) is 6.07 Å². The molecule has 4 nitrogen and oxygen atoms in total. The van der Waals surface area contributed by atoms with Crippen molar-refractivity contribution in [2.45, 2.75) is 12.5 Å². The van der Waals surface area contributed by atoms with E-state index in [1.165, 1.54) is 0 Å². The number of fused-ring (bicyclic) bond motifs is 1. The molecule has 0 fully saturated rings. The third-order valence-corrected chi connectivity index (χ3v) is 2.26. The summed E-state index contributed by atoms with van der Waals surface area (Å²) in [7, 11) is 0. The second-order valence-electron chi connectivity index (χ2n) is 3.33. The predicted octanol–water partition coefficient (Wildman–Crippen LogP) is 1.54. The molecule has 6 heteroatoms. The van der Waals surface area contributed by atoms with E-state index in [2.05, 4.69) is 0 Å². The summed E-state index contributed by atoms with van der Waals surface area (Å²) in [6.07, 6.45) is -0.00296. The average molecular weight is 215 g/mol. The lowest BCUT2D eigenvalue weighted by atomic mass is 10.0. The molecule has 1 aliphatic heterocycles. The smallest absolute Gasteiger partial charge is 0.250 e. The molecule has 0 saturated carbocycles. The minimum Gasteiger partial charge on any atom is -0.483 e. The first-order valence-corrected chi connectivity index (χ1v) is 4.32. The Balaban J connectivity index is 2.37. The van der Waals surface area contributed by atoms with Gasteiger partial charge in [-0.05, 0) is 6.07 Å². The maximum atomic E-state index is 13.1. The molecule has 1 heterocycles. The van der Waals surface area contributed by atoms with Crippen molar-refractivity contribution < 1.29 is 18.4 Å². The third-order valence-electron chi connectivity index (χ3n) is 2.26. The molecule has 1 atom stereocenters. The van der Waals surface area contributed by atoms with Crippen molar-refractivity contribution in [1.29, 1.82) is 0 Å². The van der Waals surface area contributed by atoms with Gasteiger partial charge in [0.1, 0.15) is 5.82 Å². The molecule has 15 heavy (non-hydrogen) atoms. The van der Waals surface area contributed by atoms with Crippen molar-refractivity contribution in [3.05, 3.63) is 39.4 Å². The van der Waals surface area contributed by atoms with Gasteiger partial charge >= 0.3 is 0 Å². The van der Waals surface area contributed by atoms with Gasteiger partial charge in [0.15, 0.2) is 18.2 Å². The zero-order valence-corrected chi connectivity index (χ0v) is 7.57. The summed E-state index contributed by atoms with van der Waals surface area (Å²) in [4.78, 5) is 9.96. The fraction of sp³-hybridized carbons (Fsp3) is 0.333. The van der Waals surface area contributed by atoms with Crippen LogP contribution in [-0.4, -0.2) is 17.6 Å². The second-order valence-corrected chi connectivity index (χ2v) is 3.33. The molecule has 2 rings (SSSR count). The van der Waals surface area contributed by atoms with Crippen LogP contribution in [0.4, 0.5) is 8.78 Å². The van der Waals surface area contributed by atoms with E-state index in [1.807, 2.05) is 0 Å². The van der Waals surface area contributed by atoms with Gasteiger partial charge in [-0.25, -0.2) is 8.78 Å². The zero-order chi connectivity index (χ0) is 11.0. The number of hydrogen-bond acceptors (Lipinski definition) is 3. The topological polar surface area (TPSA) is 52.4 Å². The lowest BCUT2D eigenvalue weighted by Gasteiger charge is -2.20. The summed E-state index contributed by atoms with van der Waals surface area (Å²) in [5, 5.41) is 10.5. The normalized spacial score (nSPS) is 19.2. The summed E-state index contributed by atoms with van der Waals surface area (Å²) < 4.78 is 30.8. The Hall–Kier alpha value is -1.72. The fourth-order valence-corrected chi connectivity index (χ4v) is 1.55. The summed E-state index contributed by atoms with van der Waals surface area (Å²) >= 11 is 0. The number of benzene rings is 1. The third kappa shape index (κ3) is 1.74. The minimum absolute atomic E-state index is 0.00296. The molecule has 1 aromatic carbocycles. The highest BCUT2D eigenvalue weighted by atomic mass is 19.1. The van der Waals surface area contributed by atoms with Crippen molar-refractivity contribution >= 4 is 0 Å². The predicted molar refractivity (Wildman–Crippen MR) is 46.3 cm³/mol. The van der Waals surface area contributed by atoms with E-state index in [-0.39, 0.29) is 24.3 Å². The van der Waals surface area contributed by atoms with E-state index in [4.69, 9.17) is 4.74 Å². The Morgan fingerprint density at radius 1 is 1.47 bits per heavy atom. The Labute approximate surface area is 83.6 Å². The van der Waals surface area contributed by atoms with Crippen LogP contribution >= 0.6 is 0 Å². The summed E-state index contributed by atoms with van der Waals surface area (Å²) in [6, 6.07) is 0.832. The van der Waals surface area contributed by atoms with Crippen LogP contribution in [0.2, 0.25) is 0 Å². The molecule has 0 spiro atoms. The molecule has 0 radical (unpaired) electrons. The van der Waals surface area contributed by atoms with Crippen LogP contribution in [0.3, 0.4) is 0 Å². The van der Waals surface area contributed by atoms with E-state index >= 15 is 0 Å². The first-order chi connectivity index (χ1) is 7.08. The van der Waals surface area contributed by atoms with Crippen LogP contribution in [0.15, 0.2) is 12.1 Å². The number of rotatable bonds is 1. The molecule has 0 unspecified atom stereocenters. The van der Waals surface area contributed by atoms with Gasteiger partial charge in [0.25, 0.3) is 6.04 Å². The van der Waals surface area contributed by atoms with E-state index in [1.54, 1.807) is 0 Å². The second kappa shape index (κ2) is 3.45. The Morgan fingerprint density at radius 2 is 2.20 bits per heavy atom. The van der Waals surface area contributed by atoms with Crippen molar-refractivity contribution in [2.75, 3.05) is 6.61 Å². The van der Waals surface area contributed by atoms with Crippen molar-refractivity contribution in [1.82, 2.24) is 0 Å². The number of nitro groups is 1. The Kier molecular flexibility index (Phi) is 2.26. The van der Waals surface area contributed by atoms with Gasteiger partial charge in [-0.3, -0.25) is 10.1 Å². The van der Waals surface area contributed by atoms with Gasteiger partial charge in [-0.2, -0.15) is 0 Å². The van der Waals surface area contributed by atoms with Crippen LogP contribution in [-0.2, 0) is 6.42 Å². The molecule has 0 bridgehead atoms. The molecule has 0 aromatic heterocycles. The van der Waals surface area contributed by atoms with E-state index < -0.39 is 22.6 Å². The van der Waals surface area contributed by atoms with Gasteiger partial charge in [-0.1, -0.05) is 0 Å². The number of hydrogen-bond donors (Lipinski definition) is 0. The van der Waals surface area contributed by atoms with Gasteiger partial charge in [0.05, 0.1) is 0 Å². The van der Waals surface area contributed by atoms with Gasteiger partial charge in [-0.15, -0.1) is 0 Å².